The van der Waals surface area contributed by atoms with Crippen molar-refractivity contribution in [2.75, 3.05) is 26.4 Å². The Kier molecular flexibility index (Phi) is 14.9. The Bertz CT molecular complexity index is 179. The van der Waals surface area contributed by atoms with Crippen LogP contribution in [0.25, 0.3) is 0 Å². The Morgan fingerprint density at radius 3 is 1.40 bits per heavy atom. The number of unbranched alkanes of at least 4 members (excludes halogenated alkanes) is 3. The van der Waals surface area contributed by atoms with Gasteiger partial charge in [-0.3, -0.25) is 0 Å². The standard InChI is InChI=1S/3C4H9O.C3H8N.Ti/c3*1-2-3-4-5;1-2-3-4;/h3*2-4H2,1H3;1-4H2;/q3*-1;;+3. The van der Waals surface area contributed by atoms with Crippen molar-refractivity contribution in [3.63, 3.8) is 0 Å². The Morgan fingerprint density at radius 2 is 1.10 bits per heavy atom. The Labute approximate surface area is 130 Å². The molecule has 0 rings (SSSR count). The van der Waals surface area contributed by atoms with Crippen LogP contribution in [-0.4, -0.2) is 26.4 Å². The zero-order chi connectivity index (χ0) is 15.1. The fraction of sp³-hybridized carbons (Fsp3) is 1.00. The van der Waals surface area contributed by atoms with E-state index in [0.29, 0.717) is 6.54 Å². The molecular formula is C15H35NO3Ti. The second kappa shape index (κ2) is 14.5. The van der Waals surface area contributed by atoms with Crippen molar-refractivity contribution in [3.8, 4) is 0 Å². The van der Waals surface area contributed by atoms with E-state index in [1.165, 1.54) is 0 Å². The third-order valence-corrected chi connectivity index (χ3v) is 7.67. The second-order valence-electron chi connectivity index (χ2n) is 5.18. The van der Waals surface area contributed by atoms with E-state index in [-0.39, 0.29) is 0 Å². The molecule has 0 aliphatic rings. The monoisotopic (exact) mass is 325 g/mol. The summed E-state index contributed by atoms with van der Waals surface area (Å²) in [5.41, 5.74) is 5.66. The molecule has 0 aromatic heterocycles. The van der Waals surface area contributed by atoms with E-state index < -0.39 is 17.8 Å². The first-order chi connectivity index (χ1) is 9.74. The van der Waals surface area contributed by atoms with Crippen LogP contribution in [-0.2, 0) is 27.7 Å². The van der Waals surface area contributed by atoms with E-state index in [1.807, 2.05) is 0 Å². The van der Waals surface area contributed by atoms with Gasteiger partial charge < -0.3 is 0 Å². The summed E-state index contributed by atoms with van der Waals surface area (Å²) in [5.74, 6) is 0. The number of rotatable bonds is 15. The van der Waals surface area contributed by atoms with Gasteiger partial charge in [-0.1, -0.05) is 0 Å². The van der Waals surface area contributed by atoms with E-state index >= 15 is 0 Å². The molecule has 0 aromatic rings. The van der Waals surface area contributed by atoms with Gasteiger partial charge in [0.15, 0.2) is 0 Å². The molecule has 0 atom stereocenters. The van der Waals surface area contributed by atoms with Crippen molar-refractivity contribution in [2.24, 2.45) is 5.73 Å². The first-order valence-corrected chi connectivity index (χ1v) is 11.4. The van der Waals surface area contributed by atoms with Crippen LogP contribution in [0.1, 0.15) is 65.7 Å². The van der Waals surface area contributed by atoms with Crippen LogP contribution in [0, 0.1) is 0 Å². The molecule has 4 nitrogen and oxygen atoms in total. The van der Waals surface area contributed by atoms with E-state index in [9.17, 15) is 0 Å². The molecule has 0 aliphatic heterocycles. The average Bonchev–Trinajstić information content (AvgIpc) is 2.46. The van der Waals surface area contributed by atoms with E-state index in [2.05, 4.69) is 20.8 Å². The number of hydrogen-bond acceptors (Lipinski definition) is 4. The van der Waals surface area contributed by atoms with E-state index in [1.54, 1.807) is 0 Å². The fourth-order valence-electron chi connectivity index (χ4n) is 1.78. The summed E-state index contributed by atoms with van der Waals surface area (Å²) in [5, 5.41) is 0. The summed E-state index contributed by atoms with van der Waals surface area (Å²) in [6, 6.07) is 0. The normalized spacial score (nSPS) is 12.0. The SMILES string of the molecule is CCCC[O][Ti]([CH2]CCN)([O]CCCC)[O]CCCC. The van der Waals surface area contributed by atoms with Gasteiger partial charge in [-0.2, -0.15) is 0 Å². The van der Waals surface area contributed by atoms with Gasteiger partial charge in [-0.05, 0) is 0 Å². The topological polar surface area (TPSA) is 53.7 Å². The van der Waals surface area contributed by atoms with Crippen molar-refractivity contribution in [3.05, 3.63) is 0 Å². The van der Waals surface area contributed by atoms with Gasteiger partial charge >= 0.3 is 130 Å². The molecule has 0 unspecified atom stereocenters. The molecule has 0 aliphatic carbocycles. The summed E-state index contributed by atoms with van der Waals surface area (Å²) < 4.78 is 19.4. The first-order valence-electron chi connectivity index (χ1n) is 8.36. The molecular weight excluding hydrogens is 290 g/mol. The minimum atomic E-state index is -3.08. The van der Waals surface area contributed by atoms with Crippen LogP contribution in [0.2, 0.25) is 4.73 Å². The summed E-state index contributed by atoms with van der Waals surface area (Å²) >= 11 is -3.08. The number of hydrogen-bond donors (Lipinski definition) is 1. The average molecular weight is 325 g/mol. The zero-order valence-corrected chi connectivity index (χ0v) is 15.3. The molecule has 0 radical (unpaired) electrons. The number of nitrogens with two attached hydrogens (primary N) is 1. The second-order valence-corrected chi connectivity index (χ2v) is 9.45. The van der Waals surface area contributed by atoms with Crippen LogP contribution in [0.3, 0.4) is 0 Å². The molecule has 0 amide bonds. The fourth-order valence-corrected chi connectivity index (χ4v) is 5.97. The van der Waals surface area contributed by atoms with Gasteiger partial charge in [0, 0.05) is 0 Å². The molecule has 0 spiro atoms. The Hall–Kier alpha value is 0.554. The summed E-state index contributed by atoms with van der Waals surface area (Å²) in [7, 11) is 0. The van der Waals surface area contributed by atoms with Gasteiger partial charge in [0.2, 0.25) is 0 Å². The van der Waals surface area contributed by atoms with Gasteiger partial charge in [0.05, 0.1) is 0 Å². The molecule has 0 heterocycles. The van der Waals surface area contributed by atoms with Gasteiger partial charge in [0.25, 0.3) is 0 Å². The summed E-state index contributed by atoms with van der Waals surface area (Å²) in [6.07, 6.45) is 7.57. The van der Waals surface area contributed by atoms with Crippen LogP contribution in [0.5, 0.6) is 0 Å². The molecule has 0 fully saturated rings. The zero-order valence-electron chi connectivity index (χ0n) is 13.8. The summed E-state index contributed by atoms with van der Waals surface area (Å²) in [4.78, 5) is 0. The summed E-state index contributed by atoms with van der Waals surface area (Å²) in [6.45, 7) is 9.49. The van der Waals surface area contributed by atoms with Crippen molar-refractivity contribution in [1.82, 2.24) is 0 Å². The maximum atomic E-state index is 6.15. The first kappa shape index (κ1) is 20.6. The van der Waals surface area contributed by atoms with Crippen molar-refractivity contribution in [1.29, 1.82) is 0 Å². The van der Waals surface area contributed by atoms with Crippen LogP contribution >= 0.6 is 0 Å². The van der Waals surface area contributed by atoms with E-state index in [0.717, 1.165) is 69.5 Å². The third kappa shape index (κ3) is 10.3. The molecule has 5 heteroatoms. The maximum absolute atomic E-state index is 6.15. The minimum absolute atomic E-state index is 0.679. The Morgan fingerprint density at radius 1 is 0.700 bits per heavy atom. The van der Waals surface area contributed by atoms with Crippen LogP contribution < -0.4 is 5.73 Å². The molecule has 0 aromatic carbocycles. The van der Waals surface area contributed by atoms with Crippen molar-refractivity contribution in [2.45, 2.75) is 70.4 Å². The predicted molar refractivity (Wildman–Crippen MR) is 81.1 cm³/mol. The predicted octanol–water partition coefficient (Wildman–Crippen LogP) is 4.10. The Balaban J connectivity index is 4.48. The molecule has 2 N–H and O–H groups in total. The molecule has 0 saturated heterocycles. The van der Waals surface area contributed by atoms with Gasteiger partial charge in [-0.15, -0.1) is 0 Å². The molecule has 0 bridgehead atoms. The van der Waals surface area contributed by atoms with Crippen molar-refractivity contribution < 1.29 is 27.7 Å². The van der Waals surface area contributed by atoms with Gasteiger partial charge in [-0.25, -0.2) is 0 Å². The molecule has 20 heavy (non-hydrogen) atoms. The third-order valence-electron chi connectivity index (χ3n) is 3.15. The van der Waals surface area contributed by atoms with E-state index in [4.69, 9.17) is 15.7 Å². The van der Waals surface area contributed by atoms with Crippen LogP contribution in [0.15, 0.2) is 0 Å². The molecule has 122 valence electrons. The van der Waals surface area contributed by atoms with Crippen molar-refractivity contribution >= 4 is 0 Å². The van der Waals surface area contributed by atoms with Gasteiger partial charge in [0.1, 0.15) is 0 Å². The quantitative estimate of drug-likeness (QED) is 0.364. The van der Waals surface area contributed by atoms with Crippen LogP contribution in [0.4, 0.5) is 0 Å². The molecule has 0 saturated carbocycles.